The molecule has 3 nitrogen and oxygen atoms in total. The van der Waals surface area contributed by atoms with Gasteiger partial charge in [-0.2, -0.15) is 0 Å². The molecule has 3 heteroatoms. The van der Waals surface area contributed by atoms with Crippen molar-refractivity contribution < 1.29 is 9.53 Å². The number of carbonyl (C=O) groups excluding carboxylic acids is 1. The lowest BCUT2D eigenvalue weighted by Gasteiger charge is -2.44. The molecule has 1 aliphatic carbocycles. The maximum absolute atomic E-state index is 12.6. The van der Waals surface area contributed by atoms with Gasteiger partial charge in [0, 0.05) is 18.5 Å². The molecule has 28 heavy (non-hydrogen) atoms. The molecule has 1 saturated carbocycles. The van der Waals surface area contributed by atoms with E-state index in [1.54, 1.807) is 6.20 Å². The van der Waals surface area contributed by atoms with Crippen molar-refractivity contribution in [2.24, 2.45) is 11.8 Å². The highest BCUT2D eigenvalue weighted by atomic mass is 16.6. The minimum Gasteiger partial charge on any atom is -0.451 e. The molecule has 1 saturated heterocycles. The van der Waals surface area contributed by atoms with E-state index in [1.165, 1.54) is 5.56 Å². The number of hydrogen-bond donors (Lipinski definition) is 0. The fourth-order valence-corrected chi connectivity index (χ4v) is 4.80. The smallest absolute Gasteiger partial charge is 0.315 e. The van der Waals surface area contributed by atoms with Gasteiger partial charge in [0.2, 0.25) is 0 Å². The minimum absolute atomic E-state index is 0.0874. The van der Waals surface area contributed by atoms with Gasteiger partial charge in [0.15, 0.2) is 5.60 Å². The number of ether oxygens (including phenoxy) is 1. The van der Waals surface area contributed by atoms with Crippen LogP contribution >= 0.6 is 0 Å². The van der Waals surface area contributed by atoms with Crippen molar-refractivity contribution in [2.75, 3.05) is 0 Å². The van der Waals surface area contributed by atoms with E-state index in [0.717, 1.165) is 17.7 Å². The molecular weight excluding hydrogens is 346 g/mol. The fraction of sp³-hybridized carbons (Fsp3) is 0.200. The first-order valence-electron chi connectivity index (χ1n) is 9.70. The predicted octanol–water partition coefficient (Wildman–Crippen LogP) is 4.97. The zero-order chi connectivity index (χ0) is 19.0. The van der Waals surface area contributed by atoms with Gasteiger partial charge in [-0.05, 0) is 29.2 Å². The SMILES string of the molecule is O=C1O[C@@]2(c3ccccn3)C[C@@H](/C=C/c3ccccc3)[C@@H](c3ccccc3)[C@@H]12. The number of fused-ring (bicyclic) bond motifs is 1. The molecule has 2 aliphatic rings. The van der Waals surface area contributed by atoms with E-state index in [4.69, 9.17) is 4.74 Å². The Kier molecular flexibility index (Phi) is 4.09. The Labute approximate surface area is 164 Å². The summed E-state index contributed by atoms with van der Waals surface area (Å²) < 4.78 is 5.84. The topological polar surface area (TPSA) is 39.2 Å². The van der Waals surface area contributed by atoms with Gasteiger partial charge in [0.05, 0.1) is 5.69 Å². The van der Waals surface area contributed by atoms with E-state index >= 15 is 0 Å². The van der Waals surface area contributed by atoms with Gasteiger partial charge in [-0.15, -0.1) is 0 Å². The summed E-state index contributed by atoms with van der Waals surface area (Å²) in [7, 11) is 0. The number of aromatic nitrogens is 1. The van der Waals surface area contributed by atoms with Crippen LogP contribution in [0.15, 0.2) is 91.1 Å². The molecule has 0 unspecified atom stereocenters. The summed E-state index contributed by atoms with van der Waals surface area (Å²) in [5.41, 5.74) is 2.58. The quantitative estimate of drug-likeness (QED) is 0.611. The Morgan fingerprint density at radius 1 is 0.929 bits per heavy atom. The molecule has 4 atom stereocenters. The van der Waals surface area contributed by atoms with E-state index in [9.17, 15) is 4.79 Å². The van der Waals surface area contributed by atoms with Crippen LogP contribution < -0.4 is 0 Å². The van der Waals surface area contributed by atoms with Crippen molar-refractivity contribution in [1.82, 2.24) is 4.98 Å². The van der Waals surface area contributed by atoms with Crippen LogP contribution in [0, 0.1) is 11.8 Å². The second-order valence-electron chi connectivity index (χ2n) is 7.58. The first kappa shape index (κ1) is 16.9. The fourth-order valence-electron chi connectivity index (χ4n) is 4.80. The highest BCUT2D eigenvalue weighted by molar-refractivity contribution is 5.83. The molecule has 138 valence electrons. The Morgan fingerprint density at radius 3 is 2.32 bits per heavy atom. The van der Waals surface area contributed by atoms with E-state index in [1.807, 2.05) is 54.6 Å². The zero-order valence-electron chi connectivity index (χ0n) is 15.4. The third-order valence-corrected chi connectivity index (χ3v) is 6.02. The number of pyridine rings is 1. The van der Waals surface area contributed by atoms with Crippen LogP contribution in [0.3, 0.4) is 0 Å². The Hall–Kier alpha value is -3.20. The zero-order valence-corrected chi connectivity index (χ0v) is 15.4. The van der Waals surface area contributed by atoms with Gasteiger partial charge in [-0.3, -0.25) is 9.78 Å². The van der Waals surface area contributed by atoms with Crippen LogP contribution in [0.2, 0.25) is 0 Å². The van der Waals surface area contributed by atoms with Crippen molar-refractivity contribution >= 4 is 12.0 Å². The monoisotopic (exact) mass is 367 g/mol. The lowest BCUT2D eigenvalue weighted by atomic mass is 9.75. The Morgan fingerprint density at radius 2 is 1.64 bits per heavy atom. The minimum atomic E-state index is -0.620. The summed E-state index contributed by atoms with van der Waals surface area (Å²) in [6, 6.07) is 26.4. The molecule has 2 aromatic carbocycles. The van der Waals surface area contributed by atoms with Gasteiger partial charge in [0.25, 0.3) is 0 Å². The summed E-state index contributed by atoms with van der Waals surface area (Å²) >= 11 is 0. The van der Waals surface area contributed by atoms with Crippen LogP contribution in [-0.4, -0.2) is 11.0 Å². The number of rotatable bonds is 4. The lowest BCUT2D eigenvalue weighted by molar-refractivity contribution is -0.212. The third-order valence-electron chi connectivity index (χ3n) is 6.02. The first-order valence-corrected chi connectivity index (χ1v) is 9.70. The second kappa shape index (κ2) is 6.75. The van der Waals surface area contributed by atoms with Crippen molar-refractivity contribution in [2.45, 2.75) is 17.9 Å². The molecule has 2 fully saturated rings. The maximum atomic E-state index is 12.6. The molecule has 0 N–H and O–H groups in total. The summed E-state index contributed by atoms with van der Waals surface area (Å²) in [4.78, 5) is 17.2. The largest absolute Gasteiger partial charge is 0.451 e. The molecule has 2 heterocycles. The van der Waals surface area contributed by atoms with E-state index in [0.29, 0.717) is 0 Å². The molecule has 5 rings (SSSR count). The van der Waals surface area contributed by atoms with Crippen LogP contribution in [0.4, 0.5) is 0 Å². The average molecular weight is 367 g/mol. The standard InChI is InChI=1S/C25H21NO2/c27-24-23-22(19-11-5-2-6-12-19)20(15-14-18-9-3-1-4-10-18)17-25(23,28-24)21-13-7-8-16-26-21/h1-16,20,22-23H,17H2/b15-14+/t20-,22-,23+,25-/m1/s1. The molecule has 0 amide bonds. The highest BCUT2D eigenvalue weighted by Crippen LogP contribution is 2.62. The van der Waals surface area contributed by atoms with Crippen LogP contribution in [0.25, 0.3) is 6.08 Å². The van der Waals surface area contributed by atoms with Crippen molar-refractivity contribution in [1.29, 1.82) is 0 Å². The summed E-state index contributed by atoms with van der Waals surface area (Å²) in [6.07, 6.45) is 6.93. The summed E-state index contributed by atoms with van der Waals surface area (Å²) in [6.45, 7) is 0. The molecule has 1 aliphatic heterocycles. The van der Waals surface area contributed by atoms with Crippen molar-refractivity contribution in [3.8, 4) is 0 Å². The normalized spacial score (nSPS) is 28.6. The summed E-state index contributed by atoms with van der Waals surface area (Å²) in [5.74, 6) is -0.0316. The van der Waals surface area contributed by atoms with E-state index in [2.05, 4.69) is 41.4 Å². The average Bonchev–Trinajstić information content (AvgIpc) is 3.03. The number of hydrogen-bond acceptors (Lipinski definition) is 3. The van der Waals surface area contributed by atoms with Gasteiger partial charge in [-0.1, -0.05) is 78.9 Å². The Bertz CT molecular complexity index is 1000. The van der Waals surface area contributed by atoms with Gasteiger partial charge >= 0.3 is 5.97 Å². The predicted molar refractivity (Wildman–Crippen MR) is 108 cm³/mol. The lowest BCUT2D eigenvalue weighted by Crippen LogP contribution is -2.53. The molecule has 3 aromatic rings. The van der Waals surface area contributed by atoms with Crippen molar-refractivity contribution in [3.05, 3.63) is 108 Å². The number of nitrogens with zero attached hydrogens (tertiary/aromatic N) is 1. The van der Waals surface area contributed by atoms with Gasteiger partial charge in [-0.25, -0.2) is 0 Å². The van der Waals surface area contributed by atoms with E-state index in [-0.39, 0.29) is 23.7 Å². The third kappa shape index (κ3) is 2.66. The van der Waals surface area contributed by atoms with Crippen LogP contribution in [-0.2, 0) is 15.1 Å². The highest BCUT2D eigenvalue weighted by Gasteiger charge is 2.68. The van der Waals surface area contributed by atoms with E-state index < -0.39 is 5.60 Å². The maximum Gasteiger partial charge on any atom is 0.315 e. The van der Waals surface area contributed by atoms with Crippen LogP contribution in [0.1, 0.15) is 29.2 Å². The Balaban J connectivity index is 1.57. The molecule has 1 aromatic heterocycles. The molecule has 0 radical (unpaired) electrons. The van der Waals surface area contributed by atoms with Crippen molar-refractivity contribution in [3.63, 3.8) is 0 Å². The number of benzene rings is 2. The molecular formula is C25H21NO2. The number of esters is 1. The number of carbonyl (C=O) groups is 1. The molecule has 0 spiro atoms. The van der Waals surface area contributed by atoms with Gasteiger partial charge in [0.1, 0.15) is 5.92 Å². The van der Waals surface area contributed by atoms with Crippen LogP contribution in [0.5, 0.6) is 0 Å². The summed E-state index contributed by atoms with van der Waals surface area (Å²) in [5, 5.41) is 0. The second-order valence-corrected chi connectivity index (χ2v) is 7.58. The molecule has 0 bridgehead atoms. The number of allylic oxidation sites excluding steroid dienone is 1. The first-order chi connectivity index (χ1) is 13.8. The van der Waals surface area contributed by atoms with Gasteiger partial charge < -0.3 is 4.74 Å².